The highest BCUT2D eigenvalue weighted by atomic mass is 32.2. The zero-order chi connectivity index (χ0) is 18.7. The van der Waals surface area contributed by atoms with Gasteiger partial charge in [-0.2, -0.15) is 0 Å². The predicted molar refractivity (Wildman–Crippen MR) is 99.3 cm³/mol. The average Bonchev–Trinajstić information content (AvgIpc) is 3.16. The number of nitrogens with zero attached hydrogens (tertiary/aromatic N) is 1. The van der Waals surface area contributed by atoms with E-state index in [0.29, 0.717) is 28.3 Å². The minimum Gasteiger partial charge on any atom is -0.360 e. The molecule has 0 saturated carbocycles. The number of carbonyl (C=O) groups is 2. The maximum Gasteiger partial charge on any atom is 0.323 e. The van der Waals surface area contributed by atoms with Gasteiger partial charge in [0.25, 0.3) is 0 Å². The van der Waals surface area contributed by atoms with E-state index >= 15 is 0 Å². The Morgan fingerprint density at radius 2 is 2.00 bits per heavy atom. The van der Waals surface area contributed by atoms with Crippen LogP contribution in [0.15, 0.2) is 33.6 Å². The third-order valence-corrected chi connectivity index (χ3v) is 4.66. The first-order valence-electron chi connectivity index (χ1n) is 7.78. The highest BCUT2D eigenvalue weighted by Crippen LogP contribution is 2.17. The van der Waals surface area contributed by atoms with Crippen molar-refractivity contribution >= 4 is 46.1 Å². The highest BCUT2D eigenvalue weighted by Gasteiger charge is 2.17. The molecule has 1 unspecified atom stereocenters. The number of H-pyrrole nitrogens is 2. The molecule has 0 aliphatic heterocycles. The van der Waals surface area contributed by atoms with E-state index < -0.39 is 5.25 Å². The summed E-state index contributed by atoms with van der Waals surface area (Å²) in [5.41, 5.74) is 1.53. The molecule has 9 nitrogen and oxygen atoms in total. The number of hydrogen-bond donors (Lipinski definition) is 4. The molecule has 0 aliphatic carbocycles. The molecule has 0 bridgehead atoms. The van der Waals surface area contributed by atoms with Crippen LogP contribution in [-0.2, 0) is 9.59 Å². The normalized spacial score (nSPS) is 12.1. The third-order valence-electron chi connectivity index (χ3n) is 3.51. The second kappa shape index (κ2) is 7.48. The lowest BCUT2D eigenvalue weighted by atomic mass is 10.3. The van der Waals surface area contributed by atoms with Gasteiger partial charge in [0.15, 0.2) is 5.82 Å². The fraction of sp³-hybridized carbons (Fsp3) is 0.250. The van der Waals surface area contributed by atoms with E-state index in [2.05, 4.69) is 25.8 Å². The Bertz CT molecular complexity index is 1010. The maximum absolute atomic E-state index is 12.1. The number of fused-ring (bicyclic) bond motifs is 1. The van der Waals surface area contributed by atoms with E-state index in [0.717, 1.165) is 0 Å². The first-order chi connectivity index (χ1) is 12.4. The summed E-state index contributed by atoms with van der Waals surface area (Å²) in [4.78, 5) is 40.6. The Balaban J connectivity index is 1.50. The number of aryl methyl sites for hydroxylation is 1. The number of rotatable bonds is 6. The monoisotopic (exact) mass is 375 g/mol. The van der Waals surface area contributed by atoms with Crippen molar-refractivity contribution in [3.63, 3.8) is 0 Å². The van der Waals surface area contributed by atoms with E-state index in [1.165, 1.54) is 11.8 Å². The van der Waals surface area contributed by atoms with E-state index in [9.17, 15) is 14.4 Å². The maximum atomic E-state index is 12.1. The second-order valence-corrected chi connectivity index (χ2v) is 6.98. The molecule has 2 amide bonds. The number of aromatic amines is 2. The summed E-state index contributed by atoms with van der Waals surface area (Å²) < 4.78 is 4.88. The molecular formula is C16H17N5O4S. The number of thioether (sulfide) groups is 1. The first kappa shape index (κ1) is 17.8. The predicted octanol–water partition coefficient (Wildman–Crippen LogP) is 1.85. The highest BCUT2D eigenvalue weighted by molar-refractivity contribution is 8.01. The topological polar surface area (TPSA) is 133 Å². The van der Waals surface area contributed by atoms with Gasteiger partial charge in [-0.1, -0.05) is 5.16 Å². The molecule has 3 rings (SSSR count). The molecule has 0 aliphatic rings. The van der Waals surface area contributed by atoms with E-state index in [-0.39, 0.29) is 23.3 Å². The number of imidazole rings is 1. The van der Waals surface area contributed by atoms with Crippen LogP contribution in [0.4, 0.5) is 11.5 Å². The van der Waals surface area contributed by atoms with Crippen molar-refractivity contribution in [2.24, 2.45) is 0 Å². The van der Waals surface area contributed by atoms with Gasteiger partial charge in [0.05, 0.1) is 22.0 Å². The summed E-state index contributed by atoms with van der Waals surface area (Å²) in [6, 6.07) is 6.67. The summed E-state index contributed by atoms with van der Waals surface area (Å²) in [5.74, 6) is 0.541. The summed E-state index contributed by atoms with van der Waals surface area (Å²) in [7, 11) is 0. The molecule has 2 heterocycles. The Labute approximate surface area is 151 Å². The summed E-state index contributed by atoms with van der Waals surface area (Å²) in [6.45, 7) is 3.43. The lowest BCUT2D eigenvalue weighted by Crippen LogP contribution is -2.25. The molecule has 136 valence electrons. The van der Waals surface area contributed by atoms with Crippen LogP contribution in [0.25, 0.3) is 11.0 Å². The second-order valence-electron chi connectivity index (χ2n) is 5.65. The standard InChI is InChI=1S/C16H17N5O4S/c1-8-5-13(21-25-8)20-15(23)9(2)26-7-14(22)17-10-3-4-11-12(6-10)19-16(24)18-11/h3-6,9H,7H2,1-2H3,(H,17,22)(H2,18,19,24)(H,20,21,23). The van der Waals surface area contributed by atoms with E-state index in [4.69, 9.17) is 4.52 Å². The molecule has 0 fully saturated rings. The fourth-order valence-electron chi connectivity index (χ4n) is 2.24. The Hall–Kier alpha value is -3.01. The van der Waals surface area contributed by atoms with Gasteiger partial charge in [0.2, 0.25) is 11.8 Å². The van der Waals surface area contributed by atoms with Crippen molar-refractivity contribution in [3.05, 3.63) is 40.5 Å². The quantitative estimate of drug-likeness (QED) is 0.520. The minimum absolute atomic E-state index is 0.105. The molecule has 26 heavy (non-hydrogen) atoms. The van der Waals surface area contributed by atoms with Crippen molar-refractivity contribution in [1.82, 2.24) is 15.1 Å². The van der Waals surface area contributed by atoms with E-state index in [1.54, 1.807) is 38.1 Å². The lowest BCUT2D eigenvalue weighted by molar-refractivity contribution is -0.115. The fourth-order valence-corrected chi connectivity index (χ4v) is 2.92. The largest absolute Gasteiger partial charge is 0.360 e. The lowest BCUT2D eigenvalue weighted by Gasteiger charge is -2.10. The van der Waals surface area contributed by atoms with Crippen molar-refractivity contribution in [2.75, 3.05) is 16.4 Å². The van der Waals surface area contributed by atoms with Gasteiger partial charge in [-0.3, -0.25) is 9.59 Å². The molecule has 4 N–H and O–H groups in total. The van der Waals surface area contributed by atoms with Crippen LogP contribution >= 0.6 is 11.8 Å². The van der Waals surface area contributed by atoms with Gasteiger partial charge in [0, 0.05) is 11.8 Å². The number of amides is 2. The van der Waals surface area contributed by atoms with Crippen LogP contribution in [0, 0.1) is 6.92 Å². The molecule has 1 aromatic carbocycles. The zero-order valence-electron chi connectivity index (χ0n) is 14.1. The molecule has 1 atom stereocenters. The Kier molecular flexibility index (Phi) is 5.12. The van der Waals surface area contributed by atoms with Crippen molar-refractivity contribution in [1.29, 1.82) is 0 Å². The minimum atomic E-state index is -0.443. The molecular weight excluding hydrogens is 358 g/mol. The Morgan fingerprint density at radius 3 is 2.73 bits per heavy atom. The van der Waals surface area contributed by atoms with Crippen LogP contribution in [-0.4, -0.2) is 37.9 Å². The van der Waals surface area contributed by atoms with Crippen LogP contribution < -0.4 is 16.3 Å². The number of nitrogens with one attached hydrogen (secondary N) is 4. The van der Waals surface area contributed by atoms with Gasteiger partial charge in [-0.25, -0.2) is 4.79 Å². The summed E-state index contributed by atoms with van der Waals surface area (Å²) >= 11 is 1.20. The van der Waals surface area contributed by atoms with Crippen LogP contribution in [0.5, 0.6) is 0 Å². The summed E-state index contributed by atoms with van der Waals surface area (Å²) in [5, 5.41) is 8.61. The van der Waals surface area contributed by atoms with Crippen molar-refractivity contribution in [3.8, 4) is 0 Å². The molecule has 2 aromatic heterocycles. The van der Waals surface area contributed by atoms with Crippen molar-refractivity contribution in [2.45, 2.75) is 19.1 Å². The van der Waals surface area contributed by atoms with Gasteiger partial charge in [-0.15, -0.1) is 11.8 Å². The zero-order valence-corrected chi connectivity index (χ0v) is 14.9. The first-order valence-corrected chi connectivity index (χ1v) is 8.83. The number of benzene rings is 1. The molecule has 0 saturated heterocycles. The van der Waals surface area contributed by atoms with Crippen LogP contribution in [0.3, 0.4) is 0 Å². The van der Waals surface area contributed by atoms with Gasteiger partial charge in [-0.05, 0) is 32.0 Å². The molecule has 0 radical (unpaired) electrons. The molecule has 3 aromatic rings. The number of anilines is 2. The molecule has 10 heteroatoms. The van der Waals surface area contributed by atoms with E-state index in [1.807, 2.05) is 0 Å². The third kappa shape index (κ3) is 4.33. The number of hydrogen-bond acceptors (Lipinski definition) is 6. The number of aromatic nitrogens is 3. The van der Waals surface area contributed by atoms with Crippen molar-refractivity contribution < 1.29 is 14.1 Å². The summed E-state index contributed by atoms with van der Waals surface area (Å²) in [6.07, 6.45) is 0. The van der Waals surface area contributed by atoms with Gasteiger partial charge >= 0.3 is 5.69 Å². The Morgan fingerprint density at radius 1 is 1.23 bits per heavy atom. The van der Waals surface area contributed by atoms with Crippen LogP contribution in [0.2, 0.25) is 0 Å². The smallest absolute Gasteiger partial charge is 0.323 e. The SMILES string of the molecule is Cc1cc(NC(=O)C(C)SCC(=O)Nc2ccc3[nH]c(=O)[nH]c3c2)no1. The van der Waals surface area contributed by atoms with Gasteiger partial charge in [0.1, 0.15) is 5.76 Å². The molecule has 0 spiro atoms. The van der Waals surface area contributed by atoms with Crippen LogP contribution in [0.1, 0.15) is 12.7 Å². The average molecular weight is 375 g/mol. The number of carbonyl (C=O) groups excluding carboxylic acids is 2. The van der Waals surface area contributed by atoms with Gasteiger partial charge < -0.3 is 25.1 Å².